The van der Waals surface area contributed by atoms with E-state index in [1.54, 1.807) is 30.3 Å². The zero-order valence-electron chi connectivity index (χ0n) is 19.2. The lowest BCUT2D eigenvalue weighted by Crippen LogP contribution is -2.39. The largest absolute Gasteiger partial charge is 0.507 e. The van der Waals surface area contributed by atoms with Crippen LogP contribution in [0.1, 0.15) is 23.6 Å². The van der Waals surface area contributed by atoms with Crippen LogP contribution in [0.25, 0.3) is 5.76 Å². The van der Waals surface area contributed by atoms with Crippen molar-refractivity contribution < 1.29 is 33.3 Å². The van der Waals surface area contributed by atoms with Crippen LogP contribution in [0, 0.1) is 5.82 Å². The average Bonchev–Trinajstić information content (AvgIpc) is 3.14. The molecule has 0 unspecified atom stereocenters. The van der Waals surface area contributed by atoms with Crippen LogP contribution in [0.15, 0.2) is 48.0 Å². The fourth-order valence-electron chi connectivity index (χ4n) is 4.77. The third-order valence-electron chi connectivity index (χ3n) is 6.53. The van der Waals surface area contributed by atoms with Crippen LogP contribution >= 0.6 is 0 Å². The van der Waals surface area contributed by atoms with E-state index in [9.17, 15) is 19.1 Å². The van der Waals surface area contributed by atoms with Crippen molar-refractivity contribution in [3.05, 3.63) is 65.0 Å². The van der Waals surface area contributed by atoms with Gasteiger partial charge in [0.25, 0.3) is 11.7 Å². The van der Waals surface area contributed by atoms with Crippen molar-refractivity contribution in [3.63, 3.8) is 0 Å². The normalized spacial score (nSPS) is 22.0. The summed E-state index contributed by atoms with van der Waals surface area (Å²) in [5, 5.41) is 11.2. The van der Waals surface area contributed by atoms with Crippen LogP contribution in [0.5, 0.6) is 11.5 Å². The Kier molecular flexibility index (Phi) is 6.70. The van der Waals surface area contributed by atoms with Gasteiger partial charge in [-0.05, 0) is 30.7 Å². The Balaban J connectivity index is 1.49. The van der Waals surface area contributed by atoms with E-state index in [1.165, 1.54) is 17.0 Å². The first-order valence-electron chi connectivity index (χ1n) is 11.8. The van der Waals surface area contributed by atoms with E-state index >= 15 is 0 Å². The quantitative estimate of drug-likeness (QED) is 0.385. The molecular formula is C26H27FN2O6. The summed E-state index contributed by atoms with van der Waals surface area (Å²) in [7, 11) is 0. The first-order chi connectivity index (χ1) is 17.0. The Morgan fingerprint density at radius 1 is 0.971 bits per heavy atom. The van der Waals surface area contributed by atoms with Crippen LogP contribution in [0.2, 0.25) is 0 Å². The number of carbonyl (C=O) groups excluding carboxylic acids is 2. The predicted octanol–water partition coefficient (Wildman–Crippen LogP) is 2.74. The van der Waals surface area contributed by atoms with Gasteiger partial charge in [0.2, 0.25) is 0 Å². The summed E-state index contributed by atoms with van der Waals surface area (Å²) in [6, 6.07) is 9.78. The summed E-state index contributed by atoms with van der Waals surface area (Å²) in [6.07, 6.45) is 0.599. The van der Waals surface area contributed by atoms with Crippen molar-refractivity contribution in [1.29, 1.82) is 0 Å². The van der Waals surface area contributed by atoms with Gasteiger partial charge < -0.3 is 24.2 Å². The van der Waals surface area contributed by atoms with E-state index in [0.29, 0.717) is 49.9 Å². The monoisotopic (exact) mass is 482 g/mol. The van der Waals surface area contributed by atoms with Crippen LogP contribution in [-0.2, 0) is 14.3 Å². The molecule has 1 N–H and O–H groups in total. The fourth-order valence-corrected chi connectivity index (χ4v) is 4.77. The van der Waals surface area contributed by atoms with E-state index in [0.717, 1.165) is 19.6 Å². The van der Waals surface area contributed by atoms with E-state index in [1.807, 2.05) is 0 Å². The molecular weight excluding hydrogens is 455 g/mol. The molecule has 0 saturated carbocycles. The maximum Gasteiger partial charge on any atom is 0.295 e. The minimum atomic E-state index is -1.03. The van der Waals surface area contributed by atoms with Gasteiger partial charge in [-0.15, -0.1) is 0 Å². The number of likely N-dealkylation sites (tertiary alicyclic amines) is 1. The summed E-state index contributed by atoms with van der Waals surface area (Å²) in [5.41, 5.74) is 0.322. The highest BCUT2D eigenvalue weighted by Gasteiger charge is 2.46. The lowest BCUT2D eigenvalue weighted by Gasteiger charge is -2.29. The van der Waals surface area contributed by atoms with Crippen molar-refractivity contribution in [2.24, 2.45) is 0 Å². The number of aliphatic hydroxyl groups is 1. The molecule has 8 nitrogen and oxygen atoms in total. The van der Waals surface area contributed by atoms with Crippen molar-refractivity contribution >= 4 is 17.4 Å². The fraction of sp³-hybridized carbons (Fsp3) is 0.385. The number of ketones is 1. The minimum absolute atomic E-state index is 0.136. The zero-order valence-corrected chi connectivity index (χ0v) is 19.2. The molecule has 2 aromatic rings. The van der Waals surface area contributed by atoms with Crippen molar-refractivity contribution in [2.45, 2.75) is 12.5 Å². The summed E-state index contributed by atoms with van der Waals surface area (Å²) in [4.78, 5) is 29.9. The van der Waals surface area contributed by atoms with Crippen LogP contribution in [-0.4, -0.2) is 79.2 Å². The first kappa shape index (κ1) is 23.3. The smallest absolute Gasteiger partial charge is 0.295 e. The van der Waals surface area contributed by atoms with Gasteiger partial charge >= 0.3 is 0 Å². The molecule has 0 aromatic heterocycles. The minimum Gasteiger partial charge on any atom is -0.507 e. The number of fused-ring (bicyclic) bond motifs is 1. The number of morpholine rings is 1. The molecule has 0 bridgehead atoms. The SMILES string of the molecule is O=C1C(=O)N(CCCN2CCOCC2)[C@@H](c2ccccc2F)C1=C(O)c1ccc2c(c1)OCCO2. The number of hydrogen-bond donors (Lipinski definition) is 1. The average molecular weight is 483 g/mol. The molecule has 0 spiro atoms. The second kappa shape index (κ2) is 10.1. The summed E-state index contributed by atoms with van der Waals surface area (Å²) < 4.78 is 31.4. The van der Waals surface area contributed by atoms with Gasteiger partial charge in [0, 0.05) is 37.3 Å². The Morgan fingerprint density at radius 2 is 1.71 bits per heavy atom. The van der Waals surface area contributed by atoms with E-state index < -0.39 is 23.5 Å². The molecule has 1 atom stereocenters. The lowest BCUT2D eigenvalue weighted by atomic mass is 9.94. The Hall–Kier alpha value is -3.43. The van der Waals surface area contributed by atoms with Crippen molar-refractivity contribution in [2.75, 3.05) is 52.6 Å². The molecule has 9 heteroatoms. The Morgan fingerprint density at radius 3 is 2.49 bits per heavy atom. The van der Waals surface area contributed by atoms with Gasteiger partial charge in [-0.2, -0.15) is 0 Å². The number of benzene rings is 2. The topological polar surface area (TPSA) is 88.5 Å². The highest BCUT2D eigenvalue weighted by molar-refractivity contribution is 6.46. The van der Waals surface area contributed by atoms with E-state index in [4.69, 9.17) is 14.2 Å². The molecule has 2 saturated heterocycles. The molecule has 1 amide bonds. The highest BCUT2D eigenvalue weighted by atomic mass is 19.1. The summed E-state index contributed by atoms with van der Waals surface area (Å²) in [5.74, 6) is -1.55. The maximum absolute atomic E-state index is 14.9. The molecule has 2 fully saturated rings. The number of amides is 1. The van der Waals surface area contributed by atoms with Crippen molar-refractivity contribution in [3.8, 4) is 11.5 Å². The molecule has 5 rings (SSSR count). The standard InChI is InChI=1S/C26H27FN2O6/c27-19-5-2-1-4-18(19)23-22(24(30)17-6-7-20-21(16-17)35-15-14-34-20)25(31)26(32)29(23)9-3-8-28-10-12-33-13-11-28/h1-2,4-7,16,23,30H,3,8-15H2/t23-/m0/s1. The zero-order chi connectivity index (χ0) is 24.4. The van der Waals surface area contributed by atoms with E-state index in [2.05, 4.69) is 4.90 Å². The molecule has 0 aliphatic carbocycles. The molecule has 2 aromatic carbocycles. The summed E-state index contributed by atoms with van der Waals surface area (Å²) in [6.45, 7) is 4.68. The number of nitrogens with zero attached hydrogens (tertiary/aromatic N) is 2. The molecule has 184 valence electrons. The lowest BCUT2D eigenvalue weighted by molar-refractivity contribution is -0.140. The molecule has 3 aliphatic rings. The van der Waals surface area contributed by atoms with Crippen LogP contribution < -0.4 is 9.47 Å². The second-order valence-corrected chi connectivity index (χ2v) is 8.68. The van der Waals surface area contributed by atoms with Gasteiger partial charge in [-0.1, -0.05) is 18.2 Å². The maximum atomic E-state index is 14.9. The van der Waals surface area contributed by atoms with Crippen molar-refractivity contribution in [1.82, 2.24) is 9.80 Å². The second-order valence-electron chi connectivity index (χ2n) is 8.68. The highest BCUT2D eigenvalue weighted by Crippen LogP contribution is 2.41. The Bertz CT molecular complexity index is 1160. The number of aliphatic hydroxyl groups excluding tert-OH is 1. The van der Waals surface area contributed by atoms with Gasteiger partial charge in [0.05, 0.1) is 24.8 Å². The van der Waals surface area contributed by atoms with Crippen LogP contribution in [0.4, 0.5) is 4.39 Å². The summed E-state index contributed by atoms with van der Waals surface area (Å²) >= 11 is 0. The van der Waals surface area contributed by atoms with Gasteiger partial charge in [-0.25, -0.2) is 4.39 Å². The molecule has 3 heterocycles. The number of hydrogen-bond acceptors (Lipinski definition) is 7. The Labute approximate surface area is 202 Å². The number of halogens is 1. The molecule has 0 radical (unpaired) electrons. The molecule has 3 aliphatic heterocycles. The van der Waals surface area contributed by atoms with Gasteiger partial charge in [-0.3, -0.25) is 14.5 Å². The van der Waals surface area contributed by atoms with E-state index in [-0.39, 0.29) is 23.4 Å². The molecule has 35 heavy (non-hydrogen) atoms. The van der Waals surface area contributed by atoms with Crippen LogP contribution in [0.3, 0.4) is 0 Å². The number of Topliss-reactive ketones (excluding diaryl/α,β-unsaturated/α-hetero) is 1. The number of carbonyl (C=O) groups is 2. The third kappa shape index (κ3) is 4.61. The number of rotatable bonds is 6. The predicted molar refractivity (Wildman–Crippen MR) is 125 cm³/mol. The van der Waals surface area contributed by atoms with Gasteiger partial charge in [0.15, 0.2) is 11.5 Å². The first-order valence-corrected chi connectivity index (χ1v) is 11.8. The van der Waals surface area contributed by atoms with Gasteiger partial charge in [0.1, 0.15) is 24.8 Å². The number of ether oxygens (including phenoxy) is 3. The third-order valence-corrected chi connectivity index (χ3v) is 6.53.